The van der Waals surface area contributed by atoms with E-state index >= 15 is 0 Å². The predicted octanol–water partition coefficient (Wildman–Crippen LogP) is 1.16. The van der Waals surface area contributed by atoms with Gasteiger partial charge in [-0.25, -0.2) is 0 Å². The zero-order chi connectivity index (χ0) is 6.85. The molecular formula is C6H7NOS. The monoisotopic (exact) mass is 141 g/mol. The molecule has 1 aromatic heterocycles. The summed E-state index contributed by atoms with van der Waals surface area (Å²) in [5, 5.41) is 1.90. The van der Waals surface area contributed by atoms with Crippen LogP contribution >= 0.6 is 11.3 Å². The number of aryl methyl sites for hydroxylation is 1. The summed E-state index contributed by atoms with van der Waals surface area (Å²) in [5.41, 5.74) is 6.09. The smallest absolute Gasteiger partial charge is 0.258 e. The maximum Gasteiger partial charge on any atom is 0.258 e. The number of hydrogen-bond acceptors (Lipinski definition) is 2. The average molecular weight is 141 g/mol. The zero-order valence-electron chi connectivity index (χ0n) is 5.05. The second kappa shape index (κ2) is 2.19. The van der Waals surface area contributed by atoms with E-state index in [0.29, 0.717) is 4.88 Å². The highest BCUT2D eigenvalue weighted by molar-refractivity contribution is 7.12. The van der Waals surface area contributed by atoms with Crippen LogP contribution in [-0.4, -0.2) is 5.91 Å². The van der Waals surface area contributed by atoms with Crippen LogP contribution in [-0.2, 0) is 0 Å². The van der Waals surface area contributed by atoms with E-state index in [1.807, 2.05) is 12.3 Å². The standard InChI is InChI=1S/C6H7NOS/c1-4-2-5(6(7)8)9-3-4/h2-3H,1H3,(H2,7,8). The van der Waals surface area contributed by atoms with Gasteiger partial charge in [-0.3, -0.25) is 4.79 Å². The van der Waals surface area contributed by atoms with Crippen LogP contribution in [0.3, 0.4) is 0 Å². The van der Waals surface area contributed by atoms with Gasteiger partial charge in [0.25, 0.3) is 5.91 Å². The van der Waals surface area contributed by atoms with Crippen molar-refractivity contribution in [3.05, 3.63) is 21.9 Å². The molecule has 0 unspecified atom stereocenters. The Bertz CT molecular complexity index is 229. The van der Waals surface area contributed by atoms with E-state index in [-0.39, 0.29) is 5.91 Å². The van der Waals surface area contributed by atoms with Crippen LogP contribution < -0.4 is 5.73 Å². The number of primary amides is 1. The summed E-state index contributed by atoms with van der Waals surface area (Å²) in [7, 11) is 0. The predicted molar refractivity (Wildman–Crippen MR) is 37.6 cm³/mol. The number of hydrogen-bond donors (Lipinski definition) is 1. The molecule has 0 bridgehead atoms. The molecule has 9 heavy (non-hydrogen) atoms. The molecule has 0 aliphatic carbocycles. The Hall–Kier alpha value is -0.830. The van der Waals surface area contributed by atoms with Gasteiger partial charge in [0.15, 0.2) is 0 Å². The fourth-order valence-electron chi connectivity index (χ4n) is 0.560. The number of thiophene rings is 1. The molecule has 2 N–H and O–H groups in total. The SMILES string of the molecule is Cc1csc(C(N)=O)c1. The van der Waals surface area contributed by atoms with Crippen molar-refractivity contribution in [2.75, 3.05) is 0 Å². The highest BCUT2D eigenvalue weighted by Crippen LogP contribution is 2.11. The molecule has 0 saturated heterocycles. The van der Waals surface area contributed by atoms with Gasteiger partial charge < -0.3 is 5.73 Å². The second-order valence-electron chi connectivity index (χ2n) is 1.85. The lowest BCUT2D eigenvalue weighted by atomic mass is 10.3. The maximum absolute atomic E-state index is 10.4. The number of carbonyl (C=O) groups excluding carboxylic acids is 1. The van der Waals surface area contributed by atoms with E-state index in [1.54, 1.807) is 6.07 Å². The average Bonchev–Trinajstić information content (AvgIpc) is 2.14. The molecule has 2 nitrogen and oxygen atoms in total. The summed E-state index contributed by atoms with van der Waals surface area (Å²) in [4.78, 5) is 11.1. The van der Waals surface area contributed by atoms with Crippen LogP contribution in [0.5, 0.6) is 0 Å². The largest absolute Gasteiger partial charge is 0.365 e. The van der Waals surface area contributed by atoms with Crippen molar-refractivity contribution in [2.24, 2.45) is 5.73 Å². The number of carbonyl (C=O) groups is 1. The van der Waals surface area contributed by atoms with E-state index < -0.39 is 0 Å². The summed E-state index contributed by atoms with van der Waals surface area (Å²) in [6, 6.07) is 1.78. The van der Waals surface area contributed by atoms with Crippen molar-refractivity contribution in [2.45, 2.75) is 6.92 Å². The third-order valence-electron chi connectivity index (χ3n) is 0.973. The Labute approximate surface area is 57.3 Å². The molecule has 0 atom stereocenters. The molecule has 0 aliphatic rings. The van der Waals surface area contributed by atoms with Crippen LogP contribution in [0.2, 0.25) is 0 Å². The van der Waals surface area contributed by atoms with Crippen LogP contribution in [0.1, 0.15) is 15.2 Å². The Morgan fingerprint density at radius 3 is 2.67 bits per heavy atom. The Morgan fingerprint density at radius 1 is 1.78 bits per heavy atom. The van der Waals surface area contributed by atoms with E-state index in [9.17, 15) is 4.79 Å². The van der Waals surface area contributed by atoms with Gasteiger partial charge in [0, 0.05) is 0 Å². The van der Waals surface area contributed by atoms with Gasteiger partial charge in [-0.1, -0.05) is 0 Å². The van der Waals surface area contributed by atoms with Gasteiger partial charge in [0.05, 0.1) is 4.88 Å². The van der Waals surface area contributed by atoms with Crippen molar-refractivity contribution in [3.63, 3.8) is 0 Å². The maximum atomic E-state index is 10.4. The lowest BCUT2D eigenvalue weighted by Crippen LogP contribution is -2.08. The molecule has 1 rings (SSSR count). The quantitative estimate of drug-likeness (QED) is 0.626. The topological polar surface area (TPSA) is 43.1 Å². The van der Waals surface area contributed by atoms with Gasteiger partial charge in [0.2, 0.25) is 0 Å². The fourth-order valence-corrected chi connectivity index (χ4v) is 1.31. The first-order valence-corrected chi connectivity index (χ1v) is 3.43. The third kappa shape index (κ3) is 1.29. The molecule has 0 spiro atoms. The molecule has 48 valence electrons. The third-order valence-corrected chi connectivity index (χ3v) is 2.04. The minimum Gasteiger partial charge on any atom is -0.365 e. The number of amides is 1. The van der Waals surface area contributed by atoms with Gasteiger partial charge in [0.1, 0.15) is 0 Å². The van der Waals surface area contributed by atoms with Crippen molar-refractivity contribution in [1.82, 2.24) is 0 Å². The van der Waals surface area contributed by atoms with Gasteiger partial charge in [-0.05, 0) is 23.9 Å². The summed E-state index contributed by atoms with van der Waals surface area (Å²) < 4.78 is 0. The summed E-state index contributed by atoms with van der Waals surface area (Å²) in [6.45, 7) is 1.93. The highest BCUT2D eigenvalue weighted by atomic mass is 32.1. The second-order valence-corrected chi connectivity index (χ2v) is 2.76. The lowest BCUT2D eigenvalue weighted by Gasteiger charge is -1.81. The molecule has 1 aromatic rings. The highest BCUT2D eigenvalue weighted by Gasteiger charge is 2.00. The number of nitrogens with two attached hydrogens (primary N) is 1. The van der Waals surface area contributed by atoms with Gasteiger partial charge in [-0.2, -0.15) is 0 Å². The van der Waals surface area contributed by atoms with Crippen LogP contribution in [0.15, 0.2) is 11.4 Å². The van der Waals surface area contributed by atoms with Crippen LogP contribution in [0, 0.1) is 6.92 Å². The van der Waals surface area contributed by atoms with E-state index in [0.717, 1.165) is 5.56 Å². The molecule has 1 heterocycles. The van der Waals surface area contributed by atoms with Gasteiger partial charge in [-0.15, -0.1) is 11.3 Å². The minimum absolute atomic E-state index is 0.340. The molecular weight excluding hydrogens is 134 g/mol. The van der Waals surface area contributed by atoms with E-state index in [4.69, 9.17) is 5.73 Å². The first kappa shape index (κ1) is 6.29. The number of rotatable bonds is 1. The Kier molecular flexibility index (Phi) is 1.53. The molecule has 0 aliphatic heterocycles. The van der Waals surface area contributed by atoms with E-state index in [2.05, 4.69) is 0 Å². The van der Waals surface area contributed by atoms with Crippen molar-refractivity contribution in [1.29, 1.82) is 0 Å². The minimum atomic E-state index is -0.340. The molecule has 1 amide bonds. The van der Waals surface area contributed by atoms with Crippen molar-refractivity contribution >= 4 is 17.2 Å². The van der Waals surface area contributed by atoms with Crippen molar-refractivity contribution < 1.29 is 4.79 Å². The fraction of sp³-hybridized carbons (Fsp3) is 0.167. The van der Waals surface area contributed by atoms with Crippen LogP contribution in [0.4, 0.5) is 0 Å². The lowest BCUT2D eigenvalue weighted by molar-refractivity contribution is 0.100. The summed E-state index contributed by atoms with van der Waals surface area (Å²) >= 11 is 1.38. The molecule has 0 radical (unpaired) electrons. The zero-order valence-corrected chi connectivity index (χ0v) is 5.87. The van der Waals surface area contributed by atoms with Gasteiger partial charge >= 0.3 is 0 Å². The molecule has 0 saturated carbocycles. The first-order chi connectivity index (χ1) is 4.20. The molecule has 3 heteroatoms. The Morgan fingerprint density at radius 2 is 2.44 bits per heavy atom. The van der Waals surface area contributed by atoms with Crippen molar-refractivity contribution in [3.8, 4) is 0 Å². The normalized spacial score (nSPS) is 9.44. The molecule has 0 aromatic carbocycles. The summed E-state index contributed by atoms with van der Waals surface area (Å²) in [5.74, 6) is -0.340. The molecule has 0 fully saturated rings. The van der Waals surface area contributed by atoms with Crippen LogP contribution in [0.25, 0.3) is 0 Å². The Balaban J connectivity index is 2.98. The first-order valence-electron chi connectivity index (χ1n) is 2.55. The summed E-state index contributed by atoms with van der Waals surface area (Å²) in [6.07, 6.45) is 0. The van der Waals surface area contributed by atoms with E-state index in [1.165, 1.54) is 11.3 Å².